The fourth-order valence-electron chi connectivity index (χ4n) is 1.36. The second kappa shape index (κ2) is 5.17. The van der Waals surface area contributed by atoms with E-state index in [2.05, 4.69) is 19.7 Å². The van der Waals surface area contributed by atoms with Crippen molar-refractivity contribution in [1.82, 2.24) is 19.5 Å². The normalized spacial score (nSPS) is 10.1. The van der Waals surface area contributed by atoms with Gasteiger partial charge in [-0.05, 0) is 0 Å². The first kappa shape index (κ1) is 11.9. The molecule has 0 N–H and O–H groups in total. The Kier molecular flexibility index (Phi) is 3.42. The molecule has 92 valence electrons. The van der Waals surface area contributed by atoms with Crippen molar-refractivity contribution in [2.24, 2.45) is 0 Å². The van der Waals surface area contributed by atoms with E-state index < -0.39 is 5.97 Å². The molecular weight excluding hydrogens is 236 g/mol. The van der Waals surface area contributed by atoms with Gasteiger partial charge in [-0.1, -0.05) is 0 Å². The van der Waals surface area contributed by atoms with E-state index in [9.17, 15) is 9.59 Å². The zero-order valence-corrected chi connectivity index (χ0v) is 9.61. The van der Waals surface area contributed by atoms with E-state index in [1.54, 1.807) is 10.8 Å². The third kappa shape index (κ3) is 2.57. The van der Waals surface area contributed by atoms with Crippen LogP contribution in [0.2, 0.25) is 0 Å². The van der Waals surface area contributed by atoms with Crippen LogP contribution in [0.4, 0.5) is 0 Å². The first-order chi connectivity index (χ1) is 8.72. The highest BCUT2D eigenvalue weighted by atomic mass is 16.5. The summed E-state index contributed by atoms with van der Waals surface area (Å²) >= 11 is 0. The second-order valence-corrected chi connectivity index (χ2v) is 3.47. The summed E-state index contributed by atoms with van der Waals surface area (Å²) in [4.78, 5) is 33.5. The van der Waals surface area contributed by atoms with Gasteiger partial charge in [0.25, 0.3) is 0 Å². The van der Waals surface area contributed by atoms with Crippen LogP contribution in [0, 0.1) is 0 Å². The molecule has 0 bridgehead atoms. The van der Waals surface area contributed by atoms with Crippen LogP contribution in [-0.2, 0) is 11.3 Å². The number of nitrogens with zero attached hydrogens (tertiary/aromatic N) is 4. The van der Waals surface area contributed by atoms with E-state index in [1.165, 1.54) is 25.8 Å². The van der Waals surface area contributed by atoms with E-state index in [-0.39, 0.29) is 5.69 Å². The molecule has 0 fully saturated rings. The molecule has 7 nitrogen and oxygen atoms in total. The highest BCUT2D eigenvalue weighted by Crippen LogP contribution is 2.01. The number of ether oxygens (including phenoxy) is 1. The molecule has 0 aliphatic carbocycles. The van der Waals surface area contributed by atoms with Gasteiger partial charge in [-0.3, -0.25) is 9.78 Å². The molecule has 7 heteroatoms. The highest BCUT2D eigenvalue weighted by molar-refractivity contribution is 5.86. The maximum atomic E-state index is 11.1. The summed E-state index contributed by atoms with van der Waals surface area (Å²) < 4.78 is 6.22. The Morgan fingerprint density at radius 3 is 2.78 bits per heavy atom. The first-order valence-electron chi connectivity index (χ1n) is 5.09. The molecule has 2 aromatic rings. The lowest BCUT2D eigenvalue weighted by Crippen LogP contribution is -2.07. The van der Waals surface area contributed by atoms with Crippen molar-refractivity contribution in [3.05, 3.63) is 42.0 Å². The Morgan fingerprint density at radius 2 is 2.22 bits per heavy atom. The molecule has 0 saturated heterocycles. The predicted octanol–water partition coefficient (Wildman–Crippen LogP) is 0.321. The molecule has 2 aromatic heterocycles. The summed E-state index contributed by atoms with van der Waals surface area (Å²) in [6.07, 6.45) is 6.62. The van der Waals surface area contributed by atoms with Crippen LogP contribution in [-0.4, -0.2) is 38.9 Å². The molecule has 0 aromatic carbocycles. The lowest BCUT2D eigenvalue weighted by Gasteiger charge is -2.02. The summed E-state index contributed by atoms with van der Waals surface area (Å²) in [5, 5.41) is 0. The Bertz CT molecular complexity index is 562. The molecule has 0 aliphatic rings. The lowest BCUT2D eigenvalue weighted by atomic mass is 10.4. The Labute approximate surface area is 102 Å². The van der Waals surface area contributed by atoms with E-state index in [4.69, 9.17) is 0 Å². The number of rotatable bonds is 4. The van der Waals surface area contributed by atoms with Gasteiger partial charge in [0.1, 0.15) is 5.69 Å². The van der Waals surface area contributed by atoms with Gasteiger partial charge in [-0.15, -0.1) is 0 Å². The zero-order valence-electron chi connectivity index (χ0n) is 9.61. The van der Waals surface area contributed by atoms with Gasteiger partial charge in [0.15, 0.2) is 12.0 Å². The Balaban J connectivity index is 2.10. The van der Waals surface area contributed by atoms with Gasteiger partial charge in [-0.2, -0.15) is 0 Å². The average molecular weight is 246 g/mol. The third-order valence-corrected chi connectivity index (χ3v) is 2.22. The minimum absolute atomic E-state index is 0.153. The number of esters is 1. The molecule has 2 rings (SSSR count). The predicted molar refractivity (Wildman–Crippen MR) is 60.1 cm³/mol. The van der Waals surface area contributed by atoms with Crippen molar-refractivity contribution in [3.63, 3.8) is 0 Å². The molecule has 0 aliphatic heterocycles. The number of carbonyl (C=O) groups excluding carboxylic acids is 2. The van der Waals surface area contributed by atoms with Crippen LogP contribution < -0.4 is 0 Å². The summed E-state index contributed by atoms with van der Waals surface area (Å²) in [6, 6.07) is 0. The van der Waals surface area contributed by atoms with Gasteiger partial charge in [0.2, 0.25) is 0 Å². The molecule has 0 amide bonds. The van der Waals surface area contributed by atoms with Gasteiger partial charge < -0.3 is 9.30 Å². The smallest absolute Gasteiger partial charge is 0.358 e. The molecule has 0 radical (unpaired) electrons. The van der Waals surface area contributed by atoms with Crippen LogP contribution >= 0.6 is 0 Å². The topological polar surface area (TPSA) is 87.0 Å². The minimum atomic E-state index is -0.528. The number of aromatic nitrogens is 4. The summed E-state index contributed by atoms with van der Waals surface area (Å²) in [6.45, 7) is 0.426. The highest BCUT2D eigenvalue weighted by Gasteiger charge is 2.07. The first-order valence-corrected chi connectivity index (χ1v) is 5.09. The molecule has 0 atom stereocenters. The molecule has 2 heterocycles. The van der Waals surface area contributed by atoms with Crippen molar-refractivity contribution in [2.45, 2.75) is 6.54 Å². The van der Waals surface area contributed by atoms with Crippen LogP contribution in [0.25, 0.3) is 0 Å². The summed E-state index contributed by atoms with van der Waals surface area (Å²) in [5.41, 5.74) is 1.16. The van der Waals surface area contributed by atoms with Crippen LogP contribution in [0.15, 0.2) is 24.9 Å². The maximum Gasteiger partial charge on any atom is 0.358 e. The van der Waals surface area contributed by atoms with Crippen molar-refractivity contribution in [1.29, 1.82) is 0 Å². The van der Waals surface area contributed by atoms with Crippen molar-refractivity contribution >= 4 is 12.3 Å². The van der Waals surface area contributed by atoms with Crippen LogP contribution in [0.1, 0.15) is 26.7 Å². The molecule has 18 heavy (non-hydrogen) atoms. The lowest BCUT2D eigenvalue weighted by molar-refractivity contribution is 0.0593. The number of hydrogen-bond acceptors (Lipinski definition) is 6. The number of methoxy groups -OCH3 is 1. The van der Waals surface area contributed by atoms with Gasteiger partial charge in [-0.25, -0.2) is 14.8 Å². The maximum absolute atomic E-state index is 11.1. The zero-order chi connectivity index (χ0) is 13.0. The number of hydrogen-bond donors (Lipinski definition) is 0. The van der Waals surface area contributed by atoms with Crippen LogP contribution in [0.3, 0.4) is 0 Å². The molecule has 0 unspecified atom stereocenters. The number of imidazole rings is 1. The number of aldehydes is 1. The quantitative estimate of drug-likeness (QED) is 0.570. The fraction of sp³-hybridized carbons (Fsp3) is 0.182. The minimum Gasteiger partial charge on any atom is -0.464 e. The van der Waals surface area contributed by atoms with Crippen molar-refractivity contribution < 1.29 is 14.3 Å². The van der Waals surface area contributed by atoms with E-state index in [0.29, 0.717) is 24.2 Å². The largest absolute Gasteiger partial charge is 0.464 e. The molecule has 0 saturated carbocycles. The second-order valence-electron chi connectivity index (χ2n) is 3.47. The van der Waals surface area contributed by atoms with E-state index >= 15 is 0 Å². The van der Waals surface area contributed by atoms with Crippen molar-refractivity contribution in [2.75, 3.05) is 7.11 Å². The van der Waals surface area contributed by atoms with Gasteiger partial charge >= 0.3 is 5.97 Å². The summed E-state index contributed by atoms with van der Waals surface area (Å²) in [5.74, 6) is -0.528. The molecular formula is C11H10N4O3. The Morgan fingerprint density at radius 1 is 1.39 bits per heavy atom. The standard InChI is InChI=1S/C11H10N4O3/c1-18-11(17)10-3-12-8(2-13-10)4-15-5-9(6-16)14-7-15/h2-3,5-7H,4H2,1H3. The number of carbonyl (C=O) groups is 2. The Hall–Kier alpha value is -2.57. The third-order valence-electron chi connectivity index (χ3n) is 2.22. The van der Waals surface area contributed by atoms with Gasteiger partial charge in [0.05, 0.1) is 38.1 Å². The SMILES string of the molecule is COC(=O)c1cnc(Cn2cnc(C=O)c2)cn1. The molecule has 0 spiro atoms. The summed E-state index contributed by atoms with van der Waals surface area (Å²) in [7, 11) is 1.28. The monoisotopic (exact) mass is 246 g/mol. The van der Waals surface area contributed by atoms with Crippen molar-refractivity contribution in [3.8, 4) is 0 Å². The van der Waals surface area contributed by atoms with Gasteiger partial charge in [0, 0.05) is 6.20 Å². The van der Waals surface area contributed by atoms with E-state index in [1.807, 2.05) is 0 Å². The average Bonchev–Trinajstić information content (AvgIpc) is 2.86. The van der Waals surface area contributed by atoms with E-state index in [0.717, 1.165) is 0 Å². The fourth-order valence-corrected chi connectivity index (χ4v) is 1.36. The van der Waals surface area contributed by atoms with Crippen LogP contribution in [0.5, 0.6) is 0 Å².